The van der Waals surface area contributed by atoms with Crippen LogP contribution in [0.25, 0.3) is 0 Å². The van der Waals surface area contributed by atoms with Gasteiger partial charge >= 0.3 is 0 Å². The summed E-state index contributed by atoms with van der Waals surface area (Å²) < 4.78 is 37.6. The third-order valence-corrected chi connectivity index (χ3v) is 6.49. The number of nitrogens with one attached hydrogen (secondary N) is 1. The Morgan fingerprint density at radius 1 is 1.27 bits per heavy atom. The number of carbonyl (C=O) groups excluding carboxylic acids is 2. The van der Waals surface area contributed by atoms with E-state index < -0.39 is 16.1 Å². The van der Waals surface area contributed by atoms with E-state index in [-0.39, 0.29) is 49.1 Å². The van der Waals surface area contributed by atoms with E-state index in [0.717, 1.165) is 0 Å². The lowest BCUT2D eigenvalue weighted by Crippen LogP contribution is -2.48. The second kappa shape index (κ2) is 9.76. The van der Waals surface area contributed by atoms with Crippen LogP contribution in [0.2, 0.25) is 0 Å². The van der Waals surface area contributed by atoms with Gasteiger partial charge < -0.3 is 19.7 Å². The van der Waals surface area contributed by atoms with Gasteiger partial charge in [0.25, 0.3) is 5.91 Å². The molecule has 30 heavy (non-hydrogen) atoms. The zero-order valence-electron chi connectivity index (χ0n) is 18.3. The van der Waals surface area contributed by atoms with Crippen molar-refractivity contribution in [3.63, 3.8) is 0 Å². The third kappa shape index (κ3) is 5.93. The SMILES string of the molecule is CO[C@H]1CN(C)C(=O)c2cc(NC(C)=O)ccc2OC[C@H](C)N(S(C)(=O)=O)C[C@H]1C. The fourth-order valence-corrected chi connectivity index (χ4v) is 4.71. The number of carbonyl (C=O) groups is 2. The van der Waals surface area contributed by atoms with E-state index in [1.807, 2.05) is 6.92 Å². The van der Waals surface area contributed by atoms with Gasteiger partial charge in [-0.25, -0.2) is 8.42 Å². The molecule has 2 rings (SSSR count). The molecule has 0 fully saturated rings. The summed E-state index contributed by atoms with van der Waals surface area (Å²) in [5, 5.41) is 2.66. The lowest BCUT2D eigenvalue weighted by molar-refractivity contribution is -0.114. The number of nitrogens with zero attached hydrogens (tertiary/aromatic N) is 2. The fraction of sp³-hybridized carbons (Fsp3) is 0.600. The van der Waals surface area contributed by atoms with Gasteiger partial charge in [0.05, 0.1) is 24.0 Å². The molecule has 2 amide bonds. The van der Waals surface area contributed by atoms with Crippen molar-refractivity contribution in [2.75, 3.05) is 45.4 Å². The summed E-state index contributed by atoms with van der Waals surface area (Å²) in [5.74, 6) is -0.369. The monoisotopic (exact) mass is 441 g/mol. The van der Waals surface area contributed by atoms with Gasteiger partial charge in [-0.05, 0) is 31.0 Å². The maximum atomic E-state index is 13.1. The molecule has 1 aromatic carbocycles. The van der Waals surface area contributed by atoms with Gasteiger partial charge in [-0.2, -0.15) is 4.31 Å². The van der Waals surface area contributed by atoms with Crippen LogP contribution in [0.15, 0.2) is 18.2 Å². The average molecular weight is 442 g/mol. The van der Waals surface area contributed by atoms with Crippen LogP contribution in [0.3, 0.4) is 0 Å². The summed E-state index contributed by atoms with van der Waals surface area (Å²) in [6.07, 6.45) is 0.811. The van der Waals surface area contributed by atoms with Crippen LogP contribution in [0, 0.1) is 5.92 Å². The lowest BCUT2D eigenvalue weighted by Gasteiger charge is -2.34. The van der Waals surface area contributed by atoms with E-state index >= 15 is 0 Å². The molecule has 1 aromatic rings. The number of hydrogen-bond acceptors (Lipinski definition) is 6. The largest absolute Gasteiger partial charge is 0.491 e. The Balaban J connectivity index is 2.50. The number of methoxy groups -OCH3 is 1. The van der Waals surface area contributed by atoms with Crippen LogP contribution >= 0.6 is 0 Å². The van der Waals surface area contributed by atoms with E-state index in [1.165, 1.54) is 22.4 Å². The van der Waals surface area contributed by atoms with Crippen LogP contribution in [0.1, 0.15) is 31.1 Å². The van der Waals surface area contributed by atoms with Gasteiger partial charge in [0, 0.05) is 39.9 Å². The number of ether oxygens (including phenoxy) is 2. The van der Waals surface area contributed by atoms with Crippen LogP contribution in [-0.4, -0.2) is 81.7 Å². The van der Waals surface area contributed by atoms with E-state index in [0.29, 0.717) is 11.4 Å². The standard InChI is InChI=1S/C20H31N3O6S/c1-13-10-23(30(6,26)27)14(2)12-29-18-8-7-16(21-15(3)24)9-17(18)20(25)22(4)11-19(13)28-5/h7-9,13-14,19H,10-12H2,1-6H3,(H,21,24)/t13-,14+,19+/m1/s1. The predicted octanol–water partition coefficient (Wildman–Crippen LogP) is 1.41. The first-order valence-electron chi connectivity index (χ1n) is 9.73. The smallest absolute Gasteiger partial charge is 0.257 e. The maximum Gasteiger partial charge on any atom is 0.257 e. The summed E-state index contributed by atoms with van der Waals surface area (Å²) in [7, 11) is -0.282. The van der Waals surface area contributed by atoms with Crippen LogP contribution < -0.4 is 10.1 Å². The highest BCUT2D eigenvalue weighted by Gasteiger charge is 2.31. The number of sulfonamides is 1. The zero-order chi connectivity index (χ0) is 22.6. The molecule has 9 nitrogen and oxygen atoms in total. The number of likely N-dealkylation sites (N-methyl/N-ethyl adjacent to an activating group) is 1. The van der Waals surface area contributed by atoms with Crippen LogP contribution in [0.4, 0.5) is 5.69 Å². The molecule has 0 bridgehead atoms. The number of fused-ring (bicyclic) bond motifs is 1. The minimum Gasteiger partial charge on any atom is -0.491 e. The van der Waals surface area contributed by atoms with E-state index in [9.17, 15) is 18.0 Å². The summed E-state index contributed by atoms with van der Waals surface area (Å²) in [5.41, 5.74) is 0.756. The molecule has 1 aliphatic heterocycles. The van der Waals surface area contributed by atoms with Gasteiger partial charge in [0.2, 0.25) is 15.9 Å². The molecule has 10 heteroatoms. The van der Waals surface area contributed by atoms with Crippen molar-refractivity contribution in [2.24, 2.45) is 5.92 Å². The molecule has 0 spiro atoms. The normalized spacial score (nSPS) is 24.3. The van der Waals surface area contributed by atoms with E-state index in [4.69, 9.17) is 9.47 Å². The highest BCUT2D eigenvalue weighted by Crippen LogP contribution is 2.26. The minimum atomic E-state index is -3.48. The van der Waals surface area contributed by atoms with Crippen molar-refractivity contribution in [2.45, 2.75) is 32.9 Å². The Bertz CT molecular complexity index is 889. The molecule has 0 unspecified atom stereocenters. The summed E-state index contributed by atoms with van der Waals surface area (Å²) in [6, 6.07) is 4.35. The van der Waals surface area contributed by atoms with E-state index in [1.54, 1.807) is 39.3 Å². The number of amides is 2. The Labute approximate surface area is 178 Å². The summed E-state index contributed by atoms with van der Waals surface area (Å²) in [4.78, 5) is 26.1. The first kappa shape index (κ1) is 24.1. The predicted molar refractivity (Wildman–Crippen MR) is 114 cm³/mol. The van der Waals surface area contributed by atoms with Crippen molar-refractivity contribution < 1.29 is 27.5 Å². The Hall–Kier alpha value is -2.17. The molecule has 0 aromatic heterocycles. The van der Waals surface area contributed by atoms with E-state index in [2.05, 4.69) is 5.32 Å². The molecule has 1 heterocycles. The summed E-state index contributed by atoms with van der Waals surface area (Å²) >= 11 is 0. The lowest BCUT2D eigenvalue weighted by atomic mass is 10.0. The average Bonchev–Trinajstić information content (AvgIpc) is 2.65. The molecular formula is C20H31N3O6S. The Kier molecular flexibility index (Phi) is 7.84. The van der Waals surface area contributed by atoms with Gasteiger partial charge in [-0.1, -0.05) is 6.92 Å². The van der Waals surface area contributed by atoms with Gasteiger partial charge in [0.15, 0.2) is 0 Å². The van der Waals surface area contributed by atoms with Gasteiger partial charge in [0.1, 0.15) is 12.4 Å². The van der Waals surface area contributed by atoms with Crippen molar-refractivity contribution in [1.29, 1.82) is 0 Å². The Morgan fingerprint density at radius 3 is 2.50 bits per heavy atom. The number of benzene rings is 1. The second-order valence-electron chi connectivity index (χ2n) is 7.82. The fourth-order valence-electron chi connectivity index (χ4n) is 3.49. The zero-order valence-corrected chi connectivity index (χ0v) is 19.2. The molecule has 3 atom stereocenters. The molecule has 0 saturated heterocycles. The third-order valence-electron chi connectivity index (χ3n) is 5.13. The molecule has 1 aliphatic rings. The first-order chi connectivity index (χ1) is 13.9. The van der Waals surface area contributed by atoms with Crippen molar-refractivity contribution >= 4 is 27.5 Å². The number of rotatable bonds is 3. The molecule has 0 aliphatic carbocycles. The van der Waals surface area contributed by atoms with Gasteiger partial charge in [-0.15, -0.1) is 0 Å². The number of hydrogen-bond donors (Lipinski definition) is 1. The molecule has 168 valence electrons. The molecular weight excluding hydrogens is 410 g/mol. The van der Waals surface area contributed by atoms with Crippen LogP contribution in [0.5, 0.6) is 5.75 Å². The molecule has 1 N–H and O–H groups in total. The topological polar surface area (TPSA) is 105 Å². The number of anilines is 1. The quantitative estimate of drug-likeness (QED) is 0.760. The maximum absolute atomic E-state index is 13.1. The highest BCUT2D eigenvalue weighted by molar-refractivity contribution is 7.88. The Morgan fingerprint density at radius 2 is 1.93 bits per heavy atom. The highest BCUT2D eigenvalue weighted by atomic mass is 32.2. The first-order valence-corrected chi connectivity index (χ1v) is 11.6. The minimum absolute atomic E-state index is 0.0704. The van der Waals surface area contributed by atoms with Crippen molar-refractivity contribution in [1.82, 2.24) is 9.21 Å². The van der Waals surface area contributed by atoms with Crippen LogP contribution in [-0.2, 0) is 19.6 Å². The molecule has 0 radical (unpaired) electrons. The summed E-state index contributed by atoms with van der Waals surface area (Å²) in [6.45, 7) is 5.63. The van der Waals surface area contributed by atoms with Crippen molar-refractivity contribution in [3.8, 4) is 5.75 Å². The van der Waals surface area contributed by atoms with Crippen molar-refractivity contribution in [3.05, 3.63) is 23.8 Å². The second-order valence-corrected chi connectivity index (χ2v) is 9.76. The molecule has 0 saturated carbocycles. The van der Waals surface area contributed by atoms with Gasteiger partial charge in [-0.3, -0.25) is 9.59 Å².